The summed E-state index contributed by atoms with van der Waals surface area (Å²) >= 11 is 0. The summed E-state index contributed by atoms with van der Waals surface area (Å²) in [6.45, 7) is 6.00. The number of aryl methyl sites for hydroxylation is 1. The third-order valence-corrected chi connectivity index (χ3v) is 3.53. The Hall–Kier alpha value is -2.49. The zero-order valence-electron chi connectivity index (χ0n) is 13.2. The predicted molar refractivity (Wildman–Crippen MR) is 90.4 cm³/mol. The van der Waals surface area contributed by atoms with Crippen molar-refractivity contribution in [3.63, 3.8) is 0 Å². The lowest BCUT2D eigenvalue weighted by Crippen LogP contribution is -2.13. The van der Waals surface area contributed by atoms with Crippen molar-refractivity contribution in [2.75, 3.05) is 11.1 Å². The summed E-state index contributed by atoms with van der Waals surface area (Å²) in [5.74, 6) is 0.623. The summed E-state index contributed by atoms with van der Waals surface area (Å²) < 4.78 is 5.70. The fraction of sp³-hybridized carbons (Fsp3) is 0.278. The van der Waals surface area contributed by atoms with Gasteiger partial charge in [-0.2, -0.15) is 0 Å². The van der Waals surface area contributed by atoms with Crippen molar-refractivity contribution in [1.82, 2.24) is 0 Å². The van der Waals surface area contributed by atoms with Crippen molar-refractivity contribution in [2.24, 2.45) is 0 Å². The maximum Gasteiger partial charge on any atom is 0.255 e. The minimum absolute atomic E-state index is 0.150. The molecule has 1 atom stereocenters. The molecule has 0 heterocycles. The summed E-state index contributed by atoms with van der Waals surface area (Å²) in [6, 6.07) is 12.6. The quantitative estimate of drug-likeness (QED) is 0.820. The Labute approximate surface area is 131 Å². The number of anilines is 2. The average molecular weight is 298 g/mol. The third-order valence-electron chi connectivity index (χ3n) is 3.53. The van der Waals surface area contributed by atoms with E-state index in [0.717, 1.165) is 23.4 Å². The van der Waals surface area contributed by atoms with Crippen LogP contribution in [0.5, 0.6) is 5.75 Å². The van der Waals surface area contributed by atoms with Gasteiger partial charge in [0.2, 0.25) is 0 Å². The number of carbonyl (C=O) groups is 1. The highest BCUT2D eigenvalue weighted by Gasteiger charge is 2.09. The third kappa shape index (κ3) is 4.01. The van der Waals surface area contributed by atoms with Gasteiger partial charge in [0, 0.05) is 16.9 Å². The molecule has 1 unspecified atom stereocenters. The number of nitrogens with one attached hydrogen (secondary N) is 1. The highest BCUT2D eigenvalue weighted by Crippen LogP contribution is 2.20. The number of ether oxygens (including phenoxy) is 1. The lowest BCUT2D eigenvalue weighted by atomic mass is 10.1. The van der Waals surface area contributed by atoms with Gasteiger partial charge in [0.15, 0.2) is 0 Å². The monoisotopic (exact) mass is 298 g/mol. The van der Waals surface area contributed by atoms with E-state index in [2.05, 4.69) is 12.2 Å². The van der Waals surface area contributed by atoms with E-state index in [-0.39, 0.29) is 12.0 Å². The maximum atomic E-state index is 12.3. The average Bonchev–Trinajstić information content (AvgIpc) is 2.50. The molecule has 0 saturated heterocycles. The summed E-state index contributed by atoms with van der Waals surface area (Å²) in [4.78, 5) is 12.3. The number of nitrogen functional groups attached to an aromatic ring is 1. The van der Waals surface area contributed by atoms with Crippen LogP contribution in [0.2, 0.25) is 0 Å². The minimum atomic E-state index is -0.150. The van der Waals surface area contributed by atoms with E-state index in [0.29, 0.717) is 11.3 Å². The van der Waals surface area contributed by atoms with Crippen LogP contribution in [-0.2, 0) is 0 Å². The SMILES string of the molecule is CCC(C)Oc1ccc(C(=O)Nc2ccc(N)cc2C)cc1. The molecule has 2 aromatic rings. The van der Waals surface area contributed by atoms with Crippen molar-refractivity contribution < 1.29 is 9.53 Å². The number of carbonyl (C=O) groups excluding carboxylic acids is 1. The minimum Gasteiger partial charge on any atom is -0.491 e. The van der Waals surface area contributed by atoms with E-state index in [4.69, 9.17) is 10.5 Å². The van der Waals surface area contributed by atoms with E-state index < -0.39 is 0 Å². The Bertz CT molecular complexity index is 651. The van der Waals surface area contributed by atoms with Crippen molar-refractivity contribution in [2.45, 2.75) is 33.3 Å². The first kappa shape index (κ1) is 15.9. The molecule has 0 fully saturated rings. The van der Waals surface area contributed by atoms with Crippen LogP contribution >= 0.6 is 0 Å². The van der Waals surface area contributed by atoms with Crippen molar-refractivity contribution >= 4 is 17.3 Å². The van der Waals surface area contributed by atoms with Crippen LogP contribution in [0.15, 0.2) is 42.5 Å². The smallest absolute Gasteiger partial charge is 0.255 e. The number of rotatable bonds is 5. The Balaban J connectivity index is 2.06. The predicted octanol–water partition coefficient (Wildman–Crippen LogP) is 4.01. The molecule has 1 amide bonds. The fourth-order valence-electron chi connectivity index (χ4n) is 2.02. The van der Waals surface area contributed by atoms with Gasteiger partial charge in [0.25, 0.3) is 5.91 Å². The van der Waals surface area contributed by atoms with E-state index in [9.17, 15) is 4.79 Å². The highest BCUT2D eigenvalue weighted by molar-refractivity contribution is 6.04. The lowest BCUT2D eigenvalue weighted by molar-refractivity contribution is 0.102. The molecule has 0 aliphatic rings. The first-order valence-corrected chi connectivity index (χ1v) is 7.43. The molecule has 22 heavy (non-hydrogen) atoms. The number of hydrogen-bond donors (Lipinski definition) is 2. The molecule has 0 aromatic heterocycles. The summed E-state index contributed by atoms with van der Waals surface area (Å²) in [6.07, 6.45) is 1.11. The molecule has 4 nitrogen and oxygen atoms in total. The first-order chi connectivity index (χ1) is 10.5. The Morgan fingerprint density at radius 3 is 2.50 bits per heavy atom. The topological polar surface area (TPSA) is 64.3 Å². The van der Waals surface area contributed by atoms with Crippen LogP contribution in [0.25, 0.3) is 0 Å². The van der Waals surface area contributed by atoms with Gasteiger partial charge in [-0.25, -0.2) is 0 Å². The van der Waals surface area contributed by atoms with Gasteiger partial charge in [-0.05, 0) is 68.3 Å². The van der Waals surface area contributed by atoms with Crippen LogP contribution in [0.4, 0.5) is 11.4 Å². The molecule has 0 saturated carbocycles. The van der Waals surface area contributed by atoms with E-state index >= 15 is 0 Å². The molecule has 0 spiro atoms. The number of hydrogen-bond acceptors (Lipinski definition) is 3. The van der Waals surface area contributed by atoms with Crippen LogP contribution in [0.3, 0.4) is 0 Å². The maximum absolute atomic E-state index is 12.3. The molecule has 0 bridgehead atoms. The fourth-order valence-corrected chi connectivity index (χ4v) is 2.02. The van der Waals surface area contributed by atoms with Crippen LogP contribution in [0, 0.1) is 6.92 Å². The normalized spacial score (nSPS) is 11.8. The highest BCUT2D eigenvalue weighted by atomic mass is 16.5. The number of nitrogens with two attached hydrogens (primary N) is 1. The molecule has 116 valence electrons. The molecule has 3 N–H and O–H groups in total. The van der Waals surface area contributed by atoms with Gasteiger partial charge < -0.3 is 15.8 Å². The van der Waals surface area contributed by atoms with Crippen molar-refractivity contribution in [1.29, 1.82) is 0 Å². The van der Waals surface area contributed by atoms with Crippen molar-refractivity contribution in [3.05, 3.63) is 53.6 Å². The molecule has 2 rings (SSSR count). The molecular formula is C18H22N2O2. The van der Waals surface area contributed by atoms with Gasteiger partial charge in [0.05, 0.1) is 6.10 Å². The molecule has 4 heteroatoms. The zero-order valence-corrected chi connectivity index (χ0v) is 13.2. The number of amides is 1. The number of benzene rings is 2. The Kier molecular flexibility index (Phi) is 5.04. The van der Waals surface area contributed by atoms with Gasteiger partial charge in [0.1, 0.15) is 5.75 Å². The van der Waals surface area contributed by atoms with Crippen LogP contribution in [-0.4, -0.2) is 12.0 Å². The van der Waals surface area contributed by atoms with Gasteiger partial charge in [-0.3, -0.25) is 4.79 Å². The molecule has 0 aliphatic heterocycles. The van der Waals surface area contributed by atoms with Gasteiger partial charge >= 0.3 is 0 Å². The summed E-state index contributed by atoms with van der Waals surface area (Å²) in [5, 5.41) is 2.89. The largest absolute Gasteiger partial charge is 0.491 e. The van der Waals surface area contributed by atoms with E-state index in [1.807, 2.05) is 38.1 Å². The summed E-state index contributed by atoms with van der Waals surface area (Å²) in [5.41, 5.74) is 8.68. The van der Waals surface area contributed by atoms with E-state index in [1.165, 1.54) is 0 Å². The molecule has 0 aliphatic carbocycles. The van der Waals surface area contributed by atoms with Gasteiger partial charge in [-0.1, -0.05) is 6.92 Å². The Morgan fingerprint density at radius 1 is 1.23 bits per heavy atom. The molecule has 0 radical (unpaired) electrons. The molecule has 2 aromatic carbocycles. The summed E-state index contributed by atoms with van der Waals surface area (Å²) in [7, 11) is 0. The first-order valence-electron chi connectivity index (χ1n) is 7.43. The second-order valence-electron chi connectivity index (χ2n) is 5.39. The van der Waals surface area contributed by atoms with Gasteiger partial charge in [-0.15, -0.1) is 0 Å². The zero-order chi connectivity index (χ0) is 16.1. The standard InChI is InChI=1S/C18H22N2O2/c1-4-13(3)22-16-8-5-14(6-9-16)18(21)20-17-10-7-15(19)11-12(17)2/h5-11,13H,4,19H2,1-3H3,(H,20,21). The van der Waals surface area contributed by atoms with Crippen LogP contribution < -0.4 is 15.8 Å². The van der Waals surface area contributed by atoms with Crippen molar-refractivity contribution in [3.8, 4) is 5.75 Å². The van der Waals surface area contributed by atoms with E-state index in [1.54, 1.807) is 18.2 Å². The van der Waals surface area contributed by atoms with Crippen LogP contribution in [0.1, 0.15) is 36.2 Å². The second kappa shape index (κ2) is 6.98. The molecular weight excluding hydrogens is 276 g/mol. The second-order valence-corrected chi connectivity index (χ2v) is 5.39. The lowest BCUT2D eigenvalue weighted by Gasteiger charge is -2.13. The Morgan fingerprint density at radius 2 is 1.91 bits per heavy atom.